The summed E-state index contributed by atoms with van der Waals surface area (Å²) in [6.07, 6.45) is 0.160. The first-order chi connectivity index (χ1) is 9.47. The van der Waals surface area contributed by atoms with Crippen LogP contribution in [0.5, 0.6) is 0 Å². The molecule has 0 spiro atoms. The third-order valence-corrected chi connectivity index (χ3v) is 4.81. The third kappa shape index (κ3) is 2.87. The van der Waals surface area contributed by atoms with E-state index in [1.807, 2.05) is 0 Å². The van der Waals surface area contributed by atoms with Crippen molar-refractivity contribution in [1.82, 2.24) is 0 Å². The molecule has 114 valence electrons. The Morgan fingerprint density at radius 1 is 1.10 bits per heavy atom. The van der Waals surface area contributed by atoms with Crippen LogP contribution in [0.3, 0.4) is 0 Å². The lowest BCUT2D eigenvalue weighted by Crippen LogP contribution is -2.37. The highest BCUT2D eigenvalue weighted by Gasteiger charge is 2.44. The van der Waals surface area contributed by atoms with Crippen LogP contribution in [0.15, 0.2) is 33.2 Å². The quantitative estimate of drug-likeness (QED) is 0.521. The van der Waals surface area contributed by atoms with E-state index in [1.54, 1.807) is 0 Å². The van der Waals surface area contributed by atoms with Crippen molar-refractivity contribution in [2.75, 3.05) is 0 Å². The molecule has 2 rings (SSSR count). The van der Waals surface area contributed by atoms with E-state index in [1.165, 1.54) is 6.07 Å². The summed E-state index contributed by atoms with van der Waals surface area (Å²) in [7, 11) is -9.44. The summed E-state index contributed by atoms with van der Waals surface area (Å²) < 4.78 is 62.5. The Labute approximate surface area is 119 Å². The van der Waals surface area contributed by atoms with Gasteiger partial charge in [-0.05, 0) is 34.5 Å². The summed E-state index contributed by atoms with van der Waals surface area (Å²) in [5.41, 5.74) is -2.46. The van der Waals surface area contributed by atoms with Gasteiger partial charge in [-0.1, -0.05) is 6.07 Å². The SMILES string of the molecule is O=NC1(O)Cc2ccc(S(=O)(=O)O)cc2C=C1S(=O)(=O)O. The first-order valence-corrected chi connectivity index (χ1v) is 8.22. The Kier molecular flexibility index (Phi) is 3.50. The Bertz CT molecular complexity index is 855. The standard InChI is InChI=1S/C10H9NO8S2/c12-10(11-13)5-6-1-2-8(20(14,15)16)3-7(6)4-9(10)21(17,18)19/h1-4,12H,5H2,(H,14,15,16)(H,17,18,19). The zero-order valence-electron chi connectivity index (χ0n) is 10.2. The molecule has 1 aromatic rings. The van der Waals surface area contributed by atoms with Gasteiger partial charge in [0.1, 0.15) is 4.91 Å². The third-order valence-electron chi connectivity index (χ3n) is 2.96. The minimum absolute atomic E-state index is 0.00563. The number of hydrogen-bond donors (Lipinski definition) is 3. The molecule has 0 aliphatic heterocycles. The average molecular weight is 335 g/mol. The van der Waals surface area contributed by atoms with E-state index in [0.29, 0.717) is 0 Å². The molecule has 1 atom stereocenters. The van der Waals surface area contributed by atoms with Gasteiger partial charge in [0.05, 0.1) is 4.90 Å². The summed E-state index contributed by atoms with van der Waals surface area (Å²) in [6, 6.07) is 3.15. The van der Waals surface area contributed by atoms with Gasteiger partial charge in [0, 0.05) is 6.42 Å². The Morgan fingerprint density at radius 2 is 1.71 bits per heavy atom. The predicted molar refractivity (Wildman–Crippen MR) is 70.2 cm³/mol. The van der Waals surface area contributed by atoms with Gasteiger partial charge in [0.25, 0.3) is 20.2 Å². The Morgan fingerprint density at radius 3 is 2.19 bits per heavy atom. The fraction of sp³-hybridized carbons (Fsp3) is 0.200. The first-order valence-electron chi connectivity index (χ1n) is 5.34. The second kappa shape index (κ2) is 4.68. The van der Waals surface area contributed by atoms with Gasteiger partial charge < -0.3 is 5.11 Å². The fourth-order valence-corrected chi connectivity index (χ4v) is 3.31. The first kappa shape index (κ1) is 15.7. The summed E-state index contributed by atoms with van der Waals surface area (Å²) >= 11 is 0. The van der Waals surface area contributed by atoms with Crippen molar-refractivity contribution >= 4 is 26.3 Å². The number of rotatable bonds is 3. The molecule has 9 nitrogen and oxygen atoms in total. The summed E-state index contributed by atoms with van der Waals surface area (Å²) in [5.74, 6) is 0. The van der Waals surface area contributed by atoms with Crippen molar-refractivity contribution in [1.29, 1.82) is 0 Å². The molecule has 1 aromatic carbocycles. The van der Waals surface area contributed by atoms with Crippen molar-refractivity contribution in [2.45, 2.75) is 17.0 Å². The van der Waals surface area contributed by atoms with Crippen LogP contribution in [0.4, 0.5) is 0 Å². The molecular formula is C10H9NO8S2. The normalized spacial score (nSPS) is 22.3. The highest BCUT2D eigenvalue weighted by Crippen LogP contribution is 2.36. The fourth-order valence-electron chi connectivity index (χ4n) is 2.00. The maximum absolute atomic E-state index is 11.2. The van der Waals surface area contributed by atoms with Gasteiger partial charge in [-0.2, -0.15) is 16.8 Å². The summed E-state index contributed by atoms with van der Waals surface area (Å²) in [4.78, 5) is 9.15. The number of benzene rings is 1. The minimum atomic E-state index is -4.93. The van der Waals surface area contributed by atoms with Gasteiger partial charge in [-0.3, -0.25) is 9.11 Å². The molecule has 0 heterocycles. The average Bonchev–Trinajstić information content (AvgIpc) is 2.35. The second-order valence-electron chi connectivity index (χ2n) is 4.40. The van der Waals surface area contributed by atoms with Crippen molar-refractivity contribution in [3.8, 4) is 0 Å². The minimum Gasteiger partial charge on any atom is -0.362 e. The van der Waals surface area contributed by atoms with Crippen molar-refractivity contribution in [2.24, 2.45) is 5.18 Å². The lowest BCUT2D eigenvalue weighted by Gasteiger charge is -2.26. The van der Waals surface area contributed by atoms with Crippen LogP contribution in [0.1, 0.15) is 11.1 Å². The van der Waals surface area contributed by atoms with Gasteiger partial charge in [0.2, 0.25) is 5.72 Å². The van der Waals surface area contributed by atoms with E-state index in [0.717, 1.165) is 18.2 Å². The molecule has 1 unspecified atom stereocenters. The van der Waals surface area contributed by atoms with Crippen LogP contribution in [-0.2, 0) is 26.7 Å². The van der Waals surface area contributed by atoms with Crippen LogP contribution in [0, 0.1) is 4.91 Å². The Hall–Kier alpha value is -1.66. The maximum atomic E-state index is 11.2. The molecule has 0 fully saturated rings. The molecule has 0 radical (unpaired) electrons. The monoisotopic (exact) mass is 335 g/mol. The van der Waals surface area contributed by atoms with E-state index < -0.39 is 42.2 Å². The number of nitrogens with zero attached hydrogens (tertiary/aromatic N) is 1. The Balaban J connectivity index is 2.74. The van der Waals surface area contributed by atoms with E-state index in [2.05, 4.69) is 5.18 Å². The van der Waals surface area contributed by atoms with Crippen LogP contribution in [0.25, 0.3) is 6.08 Å². The van der Waals surface area contributed by atoms with E-state index in [9.17, 15) is 26.8 Å². The summed E-state index contributed by atoms with van der Waals surface area (Å²) in [6.45, 7) is 0. The zero-order chi connectivity index (χ0) is 16.1. The number of aliphatic hydroxyl groups is 1. The van der Waals surface area contributed by atoms with Crippen LogP contribution < -0.4 is 0 Å². The lowest BCUT2D eigenvalue weighted by atomic mass is 9.92. The topological polar surface area (TPSA) is 158 Å². The smallest absolute Gasteiger partial charge is 0.295 e. The number of nitroso groups, excluding NO2 is 1. The van der Waals surface area contributed by atoms with Crippen LogP contribution in [-0.4, -0.2) is 36.8 Å². The molecule has 21 heavy (non-hydrogen) atoms. The summed E-state index contributed by atoms with van der Waals surface area (Å²) in [5, 5.41) is 12.2. The van der Waals surface area contributed by atoms with Gasteiger partial charge in [-0.15, -0.1) is 4.91 Å². The molecule has 3 N–H and O–H groups in total. The lowest BCUT2D eigenvalue weighted by molar-refractivity contribution is 0.0927. The van der Waals surface area contributed by atoms with Crippen molar-refractivity contribution < 1.29 is 31.0 Å². The molecule has 0 saturated carbocycles. The highest BCUT2D eigenvalue weighted by molar-refractivity contribution is 7.90. The van der Waals surface area contributed by atoms with Gasteiger partial charge in [-0.25, -0.2) is 0 Å². The molecular weight excluding hydrogens is 326 g/mol. The van der Waals surface area contributed by atoms with E-state index >= 15 is 0 Å². The maximum Gasteiger partial charge on any atom is 0.295 e. The van der Waals surface area contributed by atoms with Gasteiger partial charge >= 0.3 is 0 Å². The highest BCUT2D eigenvalue weighted by atomic mass is 32.2. The molecule has 1 aliphatic carbocycles. The molecule has 0 aromatic heterocycles. The van der Waals surface area contributed by atoms with Crippen LogP contribution in [0.2, 0.25) is 0 Å². The predicted octanol–water partition coefficient (Wildman–Crippen LogP) is 0.173. The molecule has 11 heteroatoms. The zero-order valence-corrected chi connectivity index (χ0v) is 11.8. The number of fused-ring (bicyclic) bond motifs is 1. The van der Waals surface area contributed by atoms with Gasteiger partial charge in [0.15, 0.2) is 0 Å². The molecule has 0 saturated heterocycles. The number of hydrogen-bond acceptors (Lipinski definition) is 7. The molecule has 0 bridgehead atoms. The van der Waals surface area contributed by atoms with Crippen molar-refractivity contribution in [3.63, 3.8) is 0 Å². The molecule has 0 amide bonds. The van der Waals surface area contributed by atoms with E-state index in [-0.39, 0.29) is 11.1 Å². The molecule has 1 aliphatic rings. The van der Waals surface area contributed by atoms with E-state index in [4.69, 9.17) is 9.11 Å². The van der Waals surface area contributed by atoms with Crippen LogP contribution >= 0.6 is 0 Å². The van der Waals surface area contributed by atoms with Crippen molar-refractivity contribution in [3.05, 3.63) is 39.1 Å². The second-order valence-corrected chi connectivity index (χ2v) is 7.22. The largest absolute Gasteiger partial charge is 0.362 e.